The fraction of sp³-hybridized carbons (Fsp3) is 0.464. The highest BCUT2D eigenvalue weighted by molar-refractivity contribution is 5.87. The summed E-state index contributed by atoms with van der Waals surface area (Å²) in [5.74, 6) is -5.14. The van der Waals surface area contributed by atoms with Crippen molar-refractivity contribution in [2.75, 3.05) is 19.6 Å². The molecule has 1 saturated heterocycles. The number of likely N-dealkylation sites (tertiary alicyclic amines) is 1. The van der Waals surface area contributed by atoms with Crippen LogP contribution in [-0.2, 0) is 23.6 Å². The summed E-state index contributed by atoms with van der Waals surface area (Å²) in [6.45, 7) is 2.93. The van der Waals surface area contributed by atoms with Gasteiger partial charge >= 0.3 is 11.9 Å². The van der Waals surface area contributed by atoms with Gasteiger partial charge in [-0.05, 0) is 37.7 Å². The van der Waals surface area contributed by atoms with E-state index >= 15 is 8.78 Å². The molecule has 0 bridgehead atoms. The van der Waals surface area contributed by atoms with E-state index in [0.717, 1.165) is 11.8 Å². The Hall–Kier alpha value is -3.53. The molecule has 2 aromatic rings. The number of nitrogens with zero attached hydrogens (tertiary/aromatic N) is 2. The molecule has 2 atom stereocenters. The highest BCUT2D eigenvalue weighted by Gasteiger charge is 2.50. The quantitative estimate of drug-likeness (QED) is 0.487. The topological polar surface area (TPSA) is 118 Å². The van der Waals surface area contributed by atoms with Crippen LogP contribution < -0.4 is 16.5 Å². The number of carbonyl (C=O) groups is 2. The lowest BCUT2D eigenvalue weighted by Gasteiger charge is -2.36. The summed E-state index contributed by atoms with van der Waals surface area (Å²) in [4.78, 5) is 38.6. The summed E-state index contributed by atoms with van der Waals surface area (Å²) in [6.07, 6.45) is 4.71. The predicted molar refractivity (Wildman–Crippen MR) is 137 cm³/mol. The summed E-state index contributed by atoms with van der Waals surface area (Å²) in [5.41, 5.74) is 4.59. The highest BCUT2D eigenvalue weighted by atomic mass is 19.3. The second-order valence-electron chi connectivity index (χ2n) is 11.0. The van der Waals surface area contributed by atoms with Crippen molar-refractivity contribution in [3.63, 3.8) is 0 Å². The van der Waals surface area contributed by atoms with Crippen LogP contribution in [0.3, 0.4) is 0 Å². The Morgan fingerprint density at radius 1 is 1.24 bits per heavy atom. The Morgan fingerprint density at radius 3 is 2.61 bits per heavy atom. The second kappa shape index (κ2) is 9.65. The lowest BCUT2D eigenvalue weighted by molar-refractivity contribution is -0.122. The third-order valence-corrected chi connectivity index (χ3v) is 7.84. The number of fused-ring (bicyclic) bond motifs is 1. The summed E-state index contributed by atoms with van der Waals surface area (Å²) >= 11 is 0. The molecule has 2 fully saturated rings. The average Bonchev–Trinajstić information content (AvgIpc) is 3.65. The zero-order valence-electron chi connectivity index (χ0n) is 21.3. The van der Waals surface area contributed by atoms with Gasteiger partial charge < -0.3 is 25.6 Å². The number of allylic oxidation sites excluding steroid dienone is 2. The van der Waals surface area contributed by atoms with Gasteiger partial charge in [-0.15, -0.1) is 0 Å². The third-order valence-electron chi connectivity index (χ3n) is 7.84. The number of benzene rings is 1. The molecule has 0 radical (unpaired) electrons. The van der Waals surface area contributed by atoms with E-state index in [4.69, 9.17) is 5.73 Å². The van der Waals surface area contributed by atoms with E-state index in [9.17, 15) is 19.5 Å². The Labute approximate surface area is 219 Å². The number of hydrogen-bond donors (Lipinski definition) is 3. The Balaban J connectivity index is 1.30. The van der Waals surface area contributed by atoms with Crippen LogP contribution >= 0.6 is 0 Å². The van der Waals surface area contributed by atoms with Gasteiger partial charge in [-0.25, -0.2) is 4.79 Å². The Morgan fingerprint density at radius 2 is 1.95 bits per heavy atom. The molecular weight excluding hydrogens is 494 g/mol. The van der Waals surface area contributed by atoms with Crippen LogP contribution in [0.2, 0.25) is 0 Å². The number of halogens is 2. The first-order chi connectivity index (χ1) is 18.0. The van der Waals surface area contributed by atoms with Crippen molar-refractivity contribution >= 4 is 11.9 Å². The molecule has 202 valence electrons. The minimum absolute atomic E-state index is 0.0504. The van der Waals surface area contributed by atoms with Gasteiger partial charge in [0.1, 0.15) is 11.3 Å². The number of carboxylic acids is 1. The van der Waals surface area contributed by atoms with Crippen LogP contribution in [0.4, 0.5) is 8.78 Å². The molecule has 1 aliphatic heterocycles. The zero-order valence-corrected chi connectivity index (χ0v) is 21.3. The van der Waals surface area contributed by atoms with Crippen LogP contribution in [0.1, 0.15) is 59.4 Å². The minimum atomic E-state index is -3.45. The molecule has 3 aliphatic rings. The molecule has 1 amide bonds. The number of aromatic nitrogens is 1. The van der Waals surface area contributed by atoms with Crippen molar-refractivity contribution in [1.29, 1.82) is 0 Å². The monoisotopic (exact) mass is 526 g/mol. The number of amides is 1. The maximum Gasteiger partial charge on any atom is 0.341 e. The molecule has 1 aromatic carbocycles. The predicted octanol–water partition coefficient (Wildman–Crippen LogP) is 2.81. The maximum absolute atomic E-state index is 16.1. The zero-order chi connectivity index (χ0) is 27.2. The minimum Gasteiger partial charge on any atom is -0.477 e. The van der Waals surface area contributed by atoms with Crippen LogP contribution in [0, 0.1) is 5.41 Å². The van der Waals surface area contributed by atoms with E-state index in [-0.39, 0.29) is 35.3 Å². The van der Waals surface area contributed by atoms with Gasteiger partial charge in [-0.3, -0.25) is 9.59 Å². The molecule has 0 spiro atoms. The number of rotatable bonds is 8. The van der Waals surface area contributed by atoms with Crippen LogP contribution in [0.15, 0.2) is 53.1 Å². The molecular formula is C28H32F2N4O4. The average molecular weight is 527 g/mol. The Kier molecular flexibility index (Phi) is 6.63. The highest BCUT2D eigenvalue weighted by Crippen LogP contribution is 2.48. The van der Waals surface area contributed by atoms with Gasteiger partial charge in [0.05, 0.1) is 11.7 Å². The summed E-state index contributed by atoms with van der Waals surface area (Å²) in [5, 5.41) is 12.3. The van der Waals surface area contributed by atoms with Crippen molar-refractivity contribution in [2.24, 2.45) is 11.1 Å². The summed E-state index contributed by atoms with van der Waals surface area (Å²) in [6, 6.07) is 8.54. The first-order valence-corrected chi connectivity index (χ1v) is 12.9. The number of aromatic carboxylic acids is 1. The molecule has 5 rings (SSSR count). The van der Waals surface area contributed by atoms with Crippen molar-refractivity contribution in [3.05, 3.63) is 80.9 Å². The van der Waals surface area contributed by atoms with E-state index in [1.807, 2.05) is 37.3 Å². The van der Waals surface area contributed by atoms with Crippen LogP contribution in [0.25, 0.3) is 0 Å². The van der Waals surface area contributed by atoms with E-state index < -0.39 is 34.3 Å². The van der Waals surface area contributed by atoms with Gasteiger partial charge in [-0.1, -0.05) is 43.3 Å². The van der Waals surface area contributed by atoms with Crippen molar-refractivity contribution in [2.45, 2.75) is 57.0 Å². The SMILES string of the molecule is CC1(CNC(=O)C(N)Cc2ccccc2)CCN(C2=CCc3c(n(C4CC4)cc(C(=O)O)c3=O)C2(F)F)C1. The fourth-order valence-corrected chi connectivity index (χ4v) is 5.56. The van der Waals surface area contributed by atoms with E-state index in [2.05, 4.69) is 5.32 Å². The molecule has 1 saturated carbocycles. The van der Waals surface area contributed by atoms with E-state index in [1.165, 1.54) is 10.6 Å². The third kappa shape index (κ3) is 4.84. The van der Waals surface area contributed by atoms with Gasteiger partial charge in [0.25, 0.3) is 0 Å². The Bertz CT molecular complexity index is 1350. The molecule has 38 heavy (non-hydrogen) atoms. The maximum atomic E-state index is 16.1. The van der Waals surface area contributed by atoms with E-state index in [0.29, 0.717) is 45.3 Å². The first kappa shape index (κ1) is 26.1. The first-order valence-electron chi connectivity index (χ1n) is 12.9. The van der Waals surface area contributed by atoms with Gasteiger partial charge in [0.15, 0.2) is 5.43 Å². The molecule has 8 nitrogen and oxygen atoms in total. The molecule has 2 unspecified atom stereocenters. The standard InChI is InChI=1S/C28H32F2N4O4/c1-27(15-32-25(36)21(31)13-17-5-3-2-4-6-17)11-12-33(16-27)22-10-9-19-23(35)20(26(37)38)14-34(18-7-8-18)24(19)28(22,29)30/h2-6,10,14,18,21H,7-9,11-13,15-16,31H2,1H3,(H,32,36)(H,37,38). The van der Waals surface area contributed by atoms with Gasteiger partial charge in [-0.2, -0.15) is 8.78 Å². The lowest BCUT2D eigenvalue weighted by atomic mass is 9.89. The van der Waals surface area contributed by atoms with Gasteiger partial charge in [0.2, 0.25) is 5.91 Å². The second-order valence-corrected chi connectivity index (χ2v) is 11.0. The summed E-state index contributed by atoms with van der Waals surface area (Å²) in [7, 11) is 0. The largest absolute Gasteiger partial charge is 0.477 e. The lowest BCUT2D eigenvalue weighted by Crippen LogP contribution is -2.46. The molecule has 1 aromatic heterocycles. The number of carbonyl (C=O) groups excluding carboxylic acids is 1. The fourth-order valence-electron chi connectivity index (χ4n) is 5.56. The van der Waals surface area contributed by atoms with E-state index in [1.54, 1.807) is 4.90 Å². The number of nitrogens with one attached hydrogen (secondary N) is 1. The van der Waals surface area contributed by atoms with Crippen LogP contribution in [0.5, 0.6) is 0 Å². The van der Waals surface area contributed by atoms with Crippen molar-refractivity contribution < 1.29 is 23.5 Å². The molecule has 2 aliphatic carbocycles. The molecule has 10 heteroatoms. The van der Waals surface area contributed by atoms with Crippen LogP contribution in [-0.4, -0.2) is 52.1 Å². The summed E-state index contributed by atoms with van der Waals surface area (Å²) < 4.78 is 33.4. The van der Waals surface area contributed by atoms with Crippen molar-refractivity contribution in [3.8, 4) is 0 Å². The number of carboxylic acid groups (broad SMARTS) is 1. The number of hydrogen-bond acceptors (Lipinski definition) is 5. The smallest absolute Gasteiger partial charge is 0.341 e. The normalized spacial score (nSPS) is 22.9. The number of alkyl halides is 2. The van der Waals surface area contributed by atoms with Crippen molar-refractivity contribution in [1.82, 2.24) is 14.8 Å². The number of pyridine rings is 1. The molecule has 4 N–H and O–H groups in total. The molecule has 2 heterocycles. The number of nitrogens with two attached hydrogens (primary N) is 1. The van der Waals surface area contributed by atoms with Gasteiger partial charge in [0, 0.05) is 42.9 Å².